The van der Waals surface area contributed by atoms with Crippen LogP contribution in [0, 0.1) is 17.8 Å². The van der Waals surface area contributed by atoms with Crippen LogP contribution in [0.1, 0.15) is 22.8 Å². The van der Waals surface area contributed by atoms with E-state index in [2.05, 4.69) is 28.6 Å². The smallest absolute Gasteiger partial charge is 0.255 e. The maximum absolute atomic E-state index is 12.7. The predicted molar refractivity (Wildman–Crippen MR) is 80.7 cm³/mol. The standard InChI is InChI=1S/C16H21N3O2/c1-12-10-19(11-15(12)18(2)3)16(21)14-6-7-17-9-13(14)5-4-8-20/h6-7,9,12,15,20H,8,10-11H2,1-3H3. The predicted octanol–water partition coefficient (Wildman–Crippen LogP) is 0.447. The molecule has 5 nitrogen and oxygen atoms in total. The molecule has 1 N–H and O–H groups in total. The molecule has 1 aliphatic heterocycles. The Morgan fingerprint density at radius 3 is 2.90 bits per heavy atom. The Labute approximate surface area is 125 Å². The number of likely N-dealkylation sites (N-methyl/N-ethyl adjacent to an activating group) is 1. The second-order valence-electron chi connectivity index (χ2n) is 5.60. The Bertz CT molecular complexity index is 574. The first-order valence-electron chi connectivity index (χ1n) is 7.04. The Kier molecular flexibility index (Phi) is 4.94. The highest BCUT2D eigenvalue weighted by atomic mass is 16.2. The molecule has 1 amide bonds. The van der Waals surface area contributed by atoms with Gasteiger partial charge < -0.3 is 14.9 Å². The first-order chi connectivity index (χ1) is 10.0. The van der Waals surface area contributed by atoms with Gasteiger partial charge in [-0.15, -0.1) is 0 Å². The van der Waals surface area contributed by atoms with Crippen molar-refractivity contribution in [3.8, 4) is 11.8 Å². The summed E-state index contributed by atoms with van der Waals surface area (Å²) in [7, 11) is 4.08. The van der Waals surface area contributed by atoms with Gasteiger partial charge in [0.1, 0.15) is 6.61 Å². The fourth-order valence-corrected chi connectivity index (χ4v) is 2.77. The van der Waals surface area contributed by atoms with Crippen molar-refractivity contribution in [2.45, 2.75) is 13.0 Å². The van der Waals surface area contributed by atoms with Crippen molar-refractivity contribution < 1.29 is 9.90 Å². The molecule has 0 radical (unpaired) electrons. The monoisotopic (exact) mass is 287 g/mol. The topological polar surface area (TPSA) is 56.7 Å². The van der Waals surface area contributed by atoms with Gasteiger partial charge in [-0.25, -0.2) is 0 Å². The molecule has 2 heterocycles. The largest absolute Gasteiger partial charge is 0.384 e. The molecule has 2 unspecified atom stereocenters. The molecule has 1 aromatic rings. The van der Waals surface area contributed by atoms with E-state index in [1.807, 2.05) is 19.0 Å². The second kappa shape index (κ2) is 6.70. The number of rotatable bonds is 2. The van der Waals surface area contributed by atoms with E-state index in [1.54, 1.807) is 18.5 Å². The van der Waals surface area contributed by atoms with Gasteiger partial charge in [-0.1, -0.05) is 18.8 Å². The summed E-state index contributed by atoms with van der Waals surface area (Å²) in [5.41, 5.74) is 1.12. The van der Waals surface area contributed by atoms with Crippen molar-refractivity contribution in [1.29, 1.82) is 0 Å². The molecule has 0 spiro atoms. The summed E-state index contributed by atoms with van der Waals surface area (Å²) in [6.45, 7) is 3.40. The van der Waals surface area contributed by atoms with Crippen LogP contribution < -0.4 is 0 Å². The number of carbonyl (C=O) groups excluding carboxylic acids is 1. The highest BCUT2D eigenvalue weighted by molar-refractivity contribution is 5.96. The fraction of sp³-hybridized carbons (Fsp3) is 0.500. The number of aromatic nitrogens is 1. The lowest BCUT2D eigenvalue weighted by molar-refractivity contribution is 0.0781. The summed E-state index contributed by atoms with van der Waals surface area (Å²) in [6.07, 6.45) is 3.17. The molecule has 5 heteroatoms. The van der Waals surface area contributed by atoms with Crippen LogP contribution in [0.15, 0.2) is 18.5 Å². The van der Waals surface area contributed by atoms with Gasteiger partial charge in [0.15, 0.2) is 0 Å². The van der Waals surface area contributed by atoms with E-state index < -0.39 is 0 Å². The number of nitrogens with zero attached hydrogens (tertiary/aromatic N) is 3. The molecule has 1 aromatic heterocycles. The van der Waals surface area contributed by atoms with Crippen LogP contribution in [-0.2, 0) is 0 Å². The maximum Gasteiger partial charge on any atom is 0.255 e. The zero-order valence-corrected chi connectivity index (χ0v) is 12.7. The summed E-state index contributed by atoms with van der Waals surface area (Å²) in [5, 5.41) is 8.80. The van der Waals surface area contributed by atoms with Crippen LogP contribution >= 0.6 is 0 Å². The molecule has 1 aliphatic rings. The fourth-order valence-electron chi connectivity index (χ4n) is 2.77. The summed E-state index contributed by atoms with van der Waals surface area (Å²) in [6, 6.07) is 2.07. The minimum absolute atomic E-state index is 0.0177. The van der Waals surface area contributed by atoms with Crippen molar-refractivity contribution in [3.63, 3.8) is 0 Å². The zero-order chi connectivity index (χ0) is 15.4. The van der Waals surface area contributed by atoms with Gasteiger partial charge in [-0.2, -0.15) is 0 Å². The number of aliphatic hydroxyl groups excluding tert-OH is 1. The van der Waals surface area contributed by atoms with Gasteiger partial charge in [0.2, 0.25) is 0 Å². The number of carbonyl (C=O) groups is 1. The van der Waals surface area contributed by atoms with E-state index in [0.29, 0.717) is 23.1 Å². The van der Waals surface area contributed by atoms with Gasteiger partial charge in [0.25, 0.3) is 5.91 Å². The lowest BCUT2D eigenvalue weighted by Crippen LogP contribution is -2.36. The van der Waals surface area contributed by atoms with Gasteiger partial charge in [-0.3, -0.25) is 9.78 Å². The molecule has 21 heavy (non-hydrogen) atoms. The van der Waals surface area contributed by atoms with Crippen molar-refractivity contribution in [2.24, 2.45) is 5.92 Å². The summed E-state index contributed by atoms with van der Waals surface area (Å²) < 4.78 is 0. The van der Waals surface area contributed by atoms with Crippen LogP contribution in [0.2, 0.25) is 0 Å². The number of likely N-dealkylation sites (tertiary alicyclic amines) is 1. The molecular formula is C16H21N3O2. The van der Waals surface area contributed by atoms with Gasteiger partial charge in [0, 0.05) is 31.5 Å². The third-order valence-electron chi connectivity index (χ3n) is 3.88. The molecule has 112 valence electrons. The third-order valence-corrected chi connectivity index (χ3v) is 3.88. The molecule has 0 aromatic carbocycles. The number of hydrogen-bond acceptors (Lipinski definition) is 4. The number of amides is 1. The Hall–Kier alpha value is -1.90. The van der Waals surface area contributed by atoms with Crippen LogP contribution in [0.5, 0.6) is 0 Å². The normalized spacial score (nSPS) is 21.3. The van der Waals surface area contributed by atoms with E-state index in [-0.39, 0.29) is 12.5 Å². The van der Waals surface area contributed by atoms with Crippen molar-refractivity contribution in [2.75, 3.05) is 33.8 Å². The highest BCUT2D eigenvalue weighted by Gasteiger charge is 2.34. The van der Waals surface area contributed by atoms with Crippen molar-refractivity contribution >= 4 is 5.91 Å². The number of pyridine rings is 1. The molecular weight excluding hydrogens is 266 g/mol. The summed E-state index contributed by atoms with van der Waals surface area (Å²) >= 11 is 0. The highest BCUT2D eigenvalue weighted by Crippen LogP contribution is 2.22. The quantitative estimate of drug-likeness (QED) is 0.802. The average molecular weight is 287 g/mol. The van der Waals surface area contributed by atoms with E-state index >= 15 is 0 Å². The molecule has 2 rings (SSSR count). The van der Waals surface area contributed by atoms with Crippen LogP contribution in [0.4, 0.5) is 0 Å². The van der Waals surface area contributed by atoms with E-state index in [1.165, 1.54) is 0 Å². The zero-order valence-electron chi connectivity index (χ0n) is 12.7. The average Bonchev–Trinajstić information content (AvgIpc) is 2.87. The molecule has 0 aliphatic carbocycles. The molecule has 0 saturated carbocycles. The van der Waals surface area contributed by atoms with E-state index in [4.69, 9.17) is 5.11 Å². The first kappa shape index (κ1) is 15.5. The van der Waals surface area contributed by atoms with Crippen LogP contribution in [0.3, 0.4) is 0 Å². The van der Waals surface area contributed by atoms with Gasteiger partial charge >= 0.3 is 0 Å². The minimum Gasteiger partial charge on any atom is -0.384 e. The molecule has 2 atom stereocenters. The van der Waals surface area contributed by atoms with Crippen molar-refractivity contribution in [1.82, 2.24) is 14.8 Å². The van der Waals surface area contributed by atoms with E-state index in [9.17, 15) is 4.79 Å². The lowest BCUT2D eigenvalue weighted by atomic mass is 10.1. The SMILES string of the molecule is CC1CN(C(=O)c2ccncc2C#CCO)CC1N(C)C. The summed E-state index contributed by atoms with van der Waals surface area (Å²) in [4.78, 5) is 20.7. The lowest BCUT2D eigenvalue weighted by Gasteiger charge is -2.22. The van der Waals surface area contributed by atoms with Gasteiger partial charge in [0.05, 0.1) is 11.1 Å². The molecule has 1 saturated heterocycles. The van der Waals surface area contributed by atoms with Crippen molar-refractivity contribution in [3.05, 3.63) is 29.6 Å². The first-order valence-corrected chi connectivity index (χ1v) is 7.04. The molecule has 0 bridgehead atoms. The minimum atomic E-state index is -0.230. The van der Waals surface area contributed by atoms with Crippen LogP contribution in [0.25, 0.3) is 0 Å². The third kappa shape index (κ3) is 3.41. The van der Waals surface area contributed by atoms with Gasteiger partial charge in [-0.05, 0) is 26.1 Å². The number of aliphatic hydroxyl groups is 1. The Balaban J connectivity index is 2.22. The Morgan fingerprint density at radius 1 is 1.52 bits per heavy atom. The number of hydrogen-bond donors (Lipinski definition) is 1. The maximum atomic E-state index is 12.7. The van der Waals surface area contributed by atoms with Crippen LogP contribution in [-0.4, -0.2) is 65.6 Å². The second-order valence-corrected chi connectivity index (χ2v) is 5.60. The Morgan fingerprint density at radius 2 is 2.29 bits per heavy atom. The molecule has 1 fully saturated rings. The van der Waals surface area contributed by atoms with E-state index in [0.717, 1.165) is 13.1 Å². The summed E-state index contributed by atoms with van der Waals surface area (Å²) in [5.74, 6) is 5.79.